The Bertz CT molecular complexity index is 429. The Morgan fingerprint density at radius 3 is 2.55 bits per heavy atom. The summed E-state index contributed by atoms with van der Waals surface area (Å²) >= 11 is 0. The third kappa shape index (κ3) is 3.38. The summed E-state index contributed by atoms with van der Waals surface area (Å²) in [6.07, 6.45) is 3.17. The Labute approximate surface area is 120 Å². The van der Waals surface area contributed by atoms with Crippen molar-refractivity contribution in [3.63, 3.8) is 0 Å². The van der Waals surface area contributed by atoms with Crippen molar-refractivity contribution in [2.45, 2.75) is 31.7 Å². The summed E-state index contributed by atoms with van der Waals surface area (Å²) in [4.78, 5) is 14.2. The van der Waals surface area contributed by atoms with Crippen LogP contribution in [0.5, 0.6) is 0 Å². The number of hydrogen-bond donors (Lipinski definition) is 2. The number of rotatable bonds is 7. The van der Waals surface area contributed by atoms with Crippen LogP contribution in [0.1, 0.15) is 31.7 Å². The zero-order chi connectivity index (χ0) is 14.4. The van der Waals surface area contributed by atoms with Gasteiger partial charge in [-0.2, -0.15) is 0 Å². The van der Waals surface area contributed by atoms with E-state index in [0.717, 1.165) is 25.8 Å². The molecular formula is C16H24N2O2. The van der Waals surface area contributed by atoms with Crippen LogP contribution in [0.4, 0.5) is 0 Å². The maximum Gasteiger partial charge on any atom is 0.234 e. The van der Waals surface area contributed by atoms with Crippen molar-refractivity contribution < 1.29 is 9.90 Å². The number of carbonyl (C=O) groups excluding carboxylic acids is 1. The van der Waals surface area contributed by atoms with Gasteiger partial charge < -0.3 is 10.4 Å². The molecule has 110 valence electrons. The molecule has 1 aromatic rings. The van der Waals surface area contributed by atoms with Gasteiger partial charge in [0.05, 0.1) is 18.7 Å². The number of amides is 1. The first-order valence-corrected chi connectivity index (χ1v) is 7.40. The van der Waals surface area contributed by atoms with Crippen LogP contribution in [-0.4, -0.2) is 42.2 Å². The van der Waals surface area contributed by atoms with Crippen molar-refractivity contribution in [3.05, 3.63) is 35.9 Å². The van der Waals surface area contributed by atoms with Gasteiger partial charge in [0.1, 0.15) is 0 Å². The largest absolute Gasteiger partial charge is 0.395 e. The van der Waals surface area contributed by atoms with E-state index in [2.05, 4.69) is 17.4 Å². The maximum atomic E-state index is 12.2. The van der Waals surface area contributed by atoms with E-state index in [4.69, 9.17) is 5.11 Å². The monoisotopic (exact) mass is 276 g/mol. The molecule has 4 nitrogen and oxygen atoms in total. The van der Waals surface area contributed by atoms with Gasteiger partial charge in [0.25, 0.3) is 0 Å². The molecule has 2 N–H and O–H groups in total. The number of nitrogens with zero attached hydrogens (tertiary/aromatic N) is 1. The normalized spacial score (nSPS) is 16.8. The molecule has 1 aliphatic rings. The van der Waals surface area contributed by atoms with Crippen molar-refractivity contribution >= 4 is 5.91 Å². The summed E-state index contributed by atoms with van der Waals surface area (Å²) in [5, 5.41) is 12.2. The van der Waals surface area contributed by atoms with Crippen LogP contribution < -0.4 is 5.32 Å². The maximum absolute atomic E-state index is 12.2. The zero-order valence-electron chi connectivity index (χ0n) is 12.1. The zero-order valence-corrected chi connectivity index (χ0v) is 12.1. The highest BCUT2D eigenvalue weighted by atomic mass is 16.3. The lowest BCUT2D eigenvalue weighted by atomic mass is 9.72. The van der Waals surface area contributed by atoms with Crippen LogP contribution in [0.15, 0.2) is 30.3 Å². The minimum Gasteiger partial charge on any atom is -0.395 e. The molecule has 1 aliphatic carbocycles. The molecule has 0 atom stereocenters. The molecule has 0 radical (unpaired) electrons. The average molecular weight is 276 g/mol. The summed E-state index contributed by atoms with van der Waals surface area (Å²) in [5.74, 6) is 0.0452. The van der Waals surface area contributed by atoms with Gasteiger partial charge in [0, 0.05) is 6.54 Å². The highest BCUT2D eigenvalue weighted by molar-refractivity contribution is 5.79. The van der Waals surface area contributed by atoms with Crippen LogP contribution in [-0.2, 0) is 10.3 Å². The summed E-state index contributed by atoms with van der Waals surface area (Å²) in [6.45, 7) is 3.75. The van der Waals surface area contributed by atoms with E-state index in [9.17, 15) is 4.79 Å². The third-order valence-electron chi connectivity index (χ3n) is 4.14. The summed E-state index contributed by atoms with van der Waals surface area (Å²) in [7, 11) is 0. The number of aliphatic hydroxyl groups is 1. The van der Waals surface area contributed by atoms with Gasteiger partial charge in [-0.1, -0.05) is 37.3 Å². The van der Waals surface area contributed by atoms with E-state index in [0.29, 0.717) is 13.1 Å². The average Bonchev–Trinajstić information content (AvgIpc) is 2.43. The fourth-order valence-corrected chi connectivity index (χ4v) is 2.77. The molecular weight excluding hydrogens is 252 g/mol. The molecule has 0 saturated heterocycles. The van der Waals surface area contributed by atoms with E-state index < -0.39 is 0 Å². The number of hydrogen-bond acceptors (Lipinski definition) is 3. The molecule has 1 fully saturated rings. The van der Waals surface area contributed by atoms with Crippen LogP contribution in [0, 0.1) is 0 Å². The number of benzene rings is 1. The van der Waals surface area contributed by atoms with Gasteiger partial charge in [-0.15, -0.1) is 0 Å². The van der Waals surface area contributed by atoms with Crippen molar-refractivity contribution in [1.29, 1.82) is 0 Å². The van der Waals surface area contributed by atoms with Crippen LogP contribution in [0.2, 0.25) is 0 Å². The molecule has 4 heteroatoms. The van der Waals surface area contributed by atoms with Crippen LogP contribution in [0.3, 0.4) is 0 Å². The van der Waals surface area contributed by atoms with Crippen LogP contribution >= 0.6 is 0 Å². The molecule has 0 aromatic heterocycles. The molecule has 1 aromatic carbocycles. The highest BCUT2D eigenvalue weighted by Crippen LogP contribution is 2.41. The number of aliphatic hydroxyl groups excluding tert-OH is 1. The minimum absolute atomic E-state index is 0.0452. The first kappa shape index (κ1) is 15.0. The van der Waals surface area contributed by atoms with Gasteiger partial charge in [-0.05, 0) is 31.4 Å². The molecule has 2 rings (SSSR count). The molecule has 0 aliphatic heterocycles. The molecule has 20 heavy (non-hydrogen) atoms. The Balaban J connectivity index is 1.98. The molecule has 0 spiro atoms. The van der Waals surface area contributed by atoms with Gasteiger partial charge in [0.15, 0.2) is 0 Å². The predicted molar refractivity (Wildman–Crippen MR) is 79.3 cm³/mol. The van der Waals surface area contributed by atoms with Gasteiger partial charge >= 0.3 is 0 Å². The van der Waals surface area contributed by atoms with Crippen molar-refractivity contribution in [3.8, 4) is 0 Å². The van der Waals surface area contributed by atoms with Gasteiger partial charge in [-0.25, -0.2) is 0 Å². The number of nitrogens with one attached hydrogen (secondary N) is 1. The summed E-state index contributed by atoms with van der Waals surface area (Å²) in [5.41, 5.74) is 1.03. The van der Waals surface area contributed by atoms with E-state index in [1.807, 2.05) is 30.0 Å². The molecule has 1 amide bonds. The highest BCUT2D eigenvalue weighted by Gasteiger charge is 2.39. The lowest BCUT2D eigenvalue weighted by molar-refractivity contribution is -0.125. The second kappa shape index (κ2) is 6.86. The van der Waals surface area contributed by atoms with Gasteiger partial charge in [0.2, 0.25) is 5.91 Å². The van der Waals surface area contributed by atoms with E-state index in [1.165, 1.54) is 5.56 Å². The summed E-state index contributed by atoms with van der Waals surface area (Å²) in [6, 6.07) is 10.2. The second-order valence-electron chi connectivity index (χ2n) is 5.44. The van der Waals surface area contributed by atoms with E-state index in [-0.39, 0.29) is 18.1 Å². The predicted octanol–water partition coefficient (Wildman–Crippen LogP) is 1.50. The molecule has 0 heterocycles. The molecule has 0 bridgehead atoms. The first-order chi connectivity index (χ1) is 9.70. The SMILES string of the molecule is CCN(CCO)CC(=O)NC1(c2ccccc2)CCC1. The van der Waals surface area contributed by atoms with Crippen molar-refractivity contribution in [2.24, 2.45) is 0 Å². The lowest BCUT2D eigenvalue weighted by Gasteiger charge is -2.43. The number of carbonyl (C=O) groups is 1. The van der Waals surface area contributed by atoms with Crippen molar-refractivity contribution in [2.75, 3.05) is 26.2 Å². The summed E-state index contributed by atoms with van der Waals surface area (Å²) < 4.78 is 0. The minimum atomic E-state index is -0.170. The van der Waals surface area contributed by atoms with E-state index in [1.54, 1.807) is 0 Å². The second-order valence-corrected chi connectivity index (χ2v) is 5.44. The Kier molecular flexibility index (Phi) is 5.15. The van der Waals surface area contributed by atoms with Crippen LogP contribution in [0.25, 0.3) is 0 Å². The smallest absolute Gasteiger partial charge is 0.234 e. The van der Waals surface area contributed by atoms with Crippen molar-refractivity contribution in [1.82, 2.24) is 10.2 Å². The quantitative estimate of drug-likeness (QED) is 0.793. The Hall–Kier alpha value is -1.39. The van der Waals surface area contributed by atoms with Gasteiger partial charge in [-0.3, -0.25) is 9.69 Å². The standard InChI is InChI=1S/C16H24N2O2/c1-2-18(11-12-19)13-15(20)17-16(9-6-10-16)14-7-4-3-5-8-14/h3-5,7-8,19H,2,6,9-13H2,1H3,(H,17,20). The Morgan fingerprint density at radius 1 is 1.35 bits per heavy atom. The fraction of sp³-hybridized carbons (Fsp3) is 0.562. The fourth-order valence-electron chi connectivity index (χ4n) is 2.77. The third-order valence-corrected chi connectivity index (χ3v) is 4.14. The molecule has 0 unspecified atom stereocenters. The first-order valence-electron chi connectivity index (χ1n) is 7.40. The number of likely N-dealkylation sites (N-methyl/N-ethyl adjacent to an activating group) is 1. The topological polar surface area (TPSA) is 52.6 Å². The van der Waals surface area contributed by atoms with E-state index >= 15 is 0 Å². The molecule has 1 saturated carbocycles. The lowest BCUT2D eigenvalue weighted by Crippen LogP contribution is -2.53. The Morgan fingerprint density at radius 2 is 2.05 bits per heavy atom.